The van der Waals surface area contributed by atoms with Crippen molar-refractivity contribution in [2.75, 3.05) is 0 Å². The largest absolute Gasteiger partial charge is 0.842 e. The second kappa shape index (κ2) is 7.21. The van der Waals surface area contributed by atoms with Crippen molar-refractivity contribution in [1.82, 2.24) is 19.2 Å². The van der Waals surface area contributed by atoms with Crippen LogP contribution in [0.1, 0.15) is 16.8 Å². The Balaban J connectivity index is 1.81. The molecule has 0 atom stereocenters. The van der Waals surface area contributed by atoms with Gasteiger partial charge in [-0.25, -0.2) is 19.0 Å². The number of pyridine rings is 2. The van der Waals surface area contributed by atoms with E-state index < -0.39 is 0 Å². The Bertz CT molecular complexity index is 1280. The Morgan fingerprint density at radius 1 is 1.24 bits per heavy atom. The molecule has 148 valence electrons. The van der Waals surface area contributed by atoms with Crippen LogP contribution in [-0.2, 0) is 13.6 Å². The highest BCUT2D eigenvalue weighted by Gasteiger charge is 2.18. The van der Waals surface area contributed by atoms with E-state index in [2.05, 4.69) is 10.1 Å². The minimum atomic E-state index is -0.387. The maximum Gasteiger partial charge on any atom is 0.344 e. The predicted octanol–water partition coefficient (Wildman–Crippen LogP) is 1.90. The van der Waals surface area contributed by atoms with E-state index in [1.165, 1.54) is 15.9 Å². The van der Waals surface area contributed by atoms with Crippen LogP contribution in [-0.4, -0.2) is 19.2 Å². The smallest absolute Gasteiger partial charge is 0.344 e. The third-order valence-corrected chi connectivity index (χ3v) is 4.82. The molecule has 4 aromatic rings. The van der Waals surface area contributed by atoms with E-state index in [9.17, 15) is 9.90 Å². The Hall–Kier alpha value is -3.39. The Morgan fingerprint density at radius 3 is 2.69 bits per heavy atom. The van der Waals surface area contributed by atoms with Gasteiger partial charge in [-0.1, -0.05) is 17.7 Å². The lowest BCUT2D eigenvalue weighted by Gasteiger charge is -2.15. The second-order valence-electron chi connectivity index (χ2n) is 6.75. The second-order valence-corrected chi connectivity index (χ2v) is 7.14. The SMILES string of the molecule is Cc1cc(Oc2ccc3n(c2)c(=O)c(C)c([O-])[n+]3Cc2ccc(Cl)nc2)n(C)n1. The van der Waals surface area contributed by atoms with Crippen LogP contribution in [0.25, 0.3) is 5.65 Å². The molecule has 0 radical (unpaired) electrons. The van der Waals surface area contributed by atoms with Gasteiger partial charge in [-0.2, -0.15) is 9.50 Å². The van der Waals surface area contributed by atoms with Crippen molar-refractivity contribution in [1.29, 1.82) is 0 Å². The minimum absolute atomic E-state index is 0.123. The van der Waals surface area contributed by atoms with Crippen LogP contribution in [0.2, 0.25) is 5.15 Å². The molecule has 4 heterocycles. The maximum absolute atomic E-state index is 12.8. The summed E-state index contributed by atoms with van der Waals surface area (Å²) in [5, 5.41) is 17.4. The molecule has 0 aliphatic carbocycles. The molecule has 0 aliphatic heterocycles. The lowest BCUT2D eigenvalue weighted by molar-refractivity contribution is -0.709. The summed E-state index contributed by atoms with van der Waals surface area (Å²) in [5.41, 5.74) is 1.80. The van der Waals surface area contributed by atoms with Crippen LogP contribution in [0, 0.1) is 13.8 Å². The molecule has 0 unspecified atom stereocenters. The monoisotopic (exact) mass is 411 g/mol. The van der Waals surface area contributed by atoms with E-state index in [0.29, 0.717) is 22.4 Å². The van der Waals surface area contributed by atoms with Crippen LogP contribution in [0.5, 0.6) is 17.5 Å². The van der Waals surface area contributed by atoms with Gasteiger partial charge >= 0.3 is 5.56 Å². The van der Waals surface area contributed by atoms with Gasteiger partial charge in [0.05, 0.1) is 17.1 Å². The van der Waals surface area contributed by atoms with Crippen LogP contribution in [0.3, 0.4) is 0 Å². The van der Waals surface area contributed by atoms with Gasteiger partial charge in [0.25, 0.3) is 5.65 Å². The van der Waals surface area contributed by atoms with Gasteiger partial charge in [0.2, 0.25) is 5.88 Å². The van der Waals surface area contributed by atoms with Gasteiger partial charge in [0.1, 0.15) is 17.9 Å². The van der Waals surface area contributed by atoms with Crippen molar-refractivity contribution in [2.45, 2.75) is 20.4 Å². The molecule has 0 N–H and O–H groups in total. The van der Waals surface area contributed by atoms with E-state index in [0.717, 1.165) is 11.3 Å². The average molecular weight is 412 g/mol. The van der Waals surface area contributed by atoms with Crippen molar-refractivity contribution < 1.29 is 14.4 Å². The topological polar surface area (TPSA) is 88.4 Å². The summed E-state index contributed by atoms with van der Waals surface area (Å²) >= 11 is 5.84. The van der Waals surface area contributed by atoms with E-state index in [-0.39, 0.29) is 23.5 Å². The van der Waals surface area contributed by atoms with Crippen molar-refractivity contribution in [3.05, 3.63) is 75.1 Å². The number of hydrogen-bond donors (Lipinski definition) is 0. The summed E-state index contributed by atoms with van der Waals surface area (Å²) < 4.78 is 10.4. The first-order valence-electron chi connectivity index (χ1n) is 8.88. The van der Waals surface area contributed by atoms with E-state index in [4.69, 9.17) is 16.3 Å². The Kier molecular flexibility index (Phi) is 4.71. The molecule has 0 fully saturated rings. The highest BCUT2D eigenvalue weighted by atomic mass is 35.5. The molecule has 4 aromatic heterocycles. The summed E-state index contributed by atoms with van der Waals surface area (Å²) in [6.07, 6.45) is 3.18. The third-order valence-electron chi connectivity index (χ3n) is 4.59. The maximum atomic E-state index is 12.8. The fourth-order valence-corrected chi connectivity index (χ4v) is 3.25. The van der Waals surface area contributed by atoms with Gasteiger partial charge in [-0.05, 0) is 26.0 Å². The van der Waals surface area contributed by atoms with Gasteiger partial charge in [-0.15, -0.1) is 0 Å². The number of nitrogens with zero attached hydrogens (tertiary/aromatic N) is 5. The molecule has 29 heavy (non-hydrogen) atoms. The zero-order valence-electron chi connectivity index (χ0n) is 16.1. The van der Waals surface area contributed by atoms with Crippen molar-refractivity contribution in [3.8, 4) is 17.5 Å². The normalized spacial score (nSPS) is 11.2. The molecule has 4 rings (SSSR count). The fourth-order valence-electron chi connectivity index (χ4n) is 3.13. The number of halogens is 1. The summed E-state index contributed by atoms with van der Waals surface area (Å²) in [4.78, 5) is 16.8. The number of hydrogen-bond acceptors (Lipinski definition) is 5. The van der Waals surface area contributed by atoms with Crippen LogP contribution >= 0.6 is 11.6 Å². The first kappa shape index (κ1) is 18.9. The Morgan fingerprint density at radius 2 is 2.03 bits per heavy atom. The first-order chi connectivity index (χ1) is 13.8. The van der Waals surface area contributed by atoms with Gasteiger partial charge in [0, 0.05) is 30.9 Å². The summed E-state index contributed by atoms with van der Waals surface area (Å²) in [5.74, 6) is 0.661. The summed E-state index contributed by atoms with van der Waals surface area (Å²) in [6.45, 7) is 3.64. The molecule has 8 nitrogen and oxygen atoms in total. The van der Waals surface area contributed by atoms with Gasteiger partial charge < -0.3 is 9.84 Å². The van der Waals surface area contributed by atoms with E-state index in [1.54, 1.807) is 54.5 Å². The lowest BCUT2D eigenvalue weighted by Crippen LogP contribution is -2.44. The molecule has 0 aromatic carbocycles. The number of aromatic nitrogens is 5. The van der Waals surface area contributed by atoms with Crippen LogP contribution in [0.15, 0.2) is 47.5 Å². The molecule has 0 aliphatic rings. The fraction of sp³-hybridized carbons (Fsp3) is 0.200. The van der Waals surface area contributed by atoms with Gasteiger partial charge in [-0.3, -0.25) is 0 Å². The number of aryl methyl sites for hydroxylation is 2. The van der Waals surface area contributed by atoms with E-state index in [1.807, 2.05) is 6.92 Å². The first-order valence-corrected chi connectivity index (χ1v) is 9.26. The average Bonchev–Trinajstić information content (AvgIpc) is 3.02. The Labute approximate surface area is 171 Å². The molecular formula is C20H18ClN5O3. The molecule has 0 amide bonds. The van der Waals surface area contributed by atoms with Crippen LogP contribution in [0.4, 0.5) is 0 Å². The van der Waals surface area contributed by atoms with Gasteiger partial charge in [0.15, 0.2) is 5.75 Å². The zero-order chi connectivity index (χ0) is 20.7. The third kappa shape index (κ3) is 3.54. The van der Waals surface area contributed by atoms with Crippen LogP contribution < -0.4 is 20.0 Å². The summed E-state index contributed by atoms with van der Waals surface area (Å²) in [6, 6.07) is 8.65. The quantitative estimate of drug-likeness (QED) is 0.378. The molecule has 0 saturated heterocycles. The van der Waals surface area contributed by atoms with E-state index >= 15 is 0 Å². The lowest BCUT2D eigenvalue weighted by atomic mass is 10.2. The molecule has 9 heteroatoms. The number of fused-ring (bicyclic) bond motifs is 1. The molecule has 0 spiro atoms. The minimum Gasteiger partial charge on any atom is -0.842 e. The zero-order valence-corrected chi connectivity index (χ0v) is 16.8. The standard InChI is InChI=1S/C20H18ClN5O3/c1-12-8-18(24(3)23-12)29-15-5-7-17-25(10-14-4-6-16(21)22-9-14)19(27)13(2)20(28)26(17)11-15/h4-9,11H,10H2,1-3H3. The van der Waals surface area contributed by atoms with Crippen molar-refractivity contribution in [2.24, 2.45) is 7.05 Å². The molecule has 0 bridgehead atoms. The van der Waals surface area contributed by atoms with Crippen molar-refractivity contribution in [3.63, 3.8) is 0 Å². The highest BCUT2D eigenvalue weighted by Crippen LogP contribution is 2.22. The highest BCUT2D eigenvalue weighted by molar-refractivity contribution is 6.29. The number of ether oxygens (including phenoxy) is 1. The van der Waals surface area contributed by atoms with Crippen molar-refractivity contribution >= 4 is 17.2 Å². The molecule has 0 saturated carbocycles. The molecular weight excluding hydrogens is 394 g/mol. The number of rotatable bonds is 4. The summed E-state index contributed by atoms with van der Waals surface area (Å²) in [7, 11) is 1.78. The predicted molar refractivity (Wildman–Crippen MR) is 104 cm³/mol.